The van der Waals surface area contributed by atoms with Crippen molar-refractivity contribution in [2.45, 2.75) is 0 Å². The molecule has 0 unspecified atom stereocenters. The van der Waals surface area contributed by atoms with Crippen LogP contribution in [-0.2, 0) is 0 Å². The second-order valence-corrected chi connectivity index (χ2v) is 19.6. The summed E-state index contributed by atoms with van der Waals surface area (Å²) in [6.45, 7) is 0. The molecule has 0 aliphatic carbocycles. The summed E-state index contributed by atoms with van der Waals surface area (Å²) in [7, 11) is 0. The highest BCUT2D eigenvalue weighted by molar-refractivity contribution is 9.17. The first-order valence-corrected chi connectivity index (χ1v) is 21.9. The summed E-state index contributed by atoms with van der Waals surface area (Å²) in [6, 6.07) is 3.51. The Balaban J connectivity index is 2.39. The summed E-state index contributed by atoms with van der Waals surface area (Å²) in [4.78, 5) is 0. The van der Waals surface area contributed by atoms with Gasteiger partial charge in [-0.3, -0.25) is 0 Å². The summed E-state index contributed by atoms with van der Waals surface area (Å²) < 4.78 is 12.1. The van der Waals surface area contributed by atoms with Gasteiger partial charge in [-0.25, -0.2) is 0 Å². The highest BCUT2D eigenvalue weighted by Crippen LogP contribution is 2.59. The van der Waals surface area contributed by atoms with Gasteiger partial charge in [0.05, 0.1) is 0 Å². The minimum Gasteiger partial charge on any atom is -0.508 e. The third kappa shape index (κ3) is 6.49. The van der Waals surface area contributed by atoms with E-state index in [1.54, 1.807) is 12.1 Å². The van der Waals surface area contributed by atoms with Crippen molar-refractivity contribution in [3.63, 3.8) is 0 Å². The van der Waals surface area contributed by atoms with Crippen LogP contribution in [-0.4, -0.2) is 5.11 Å². The fourth-order valence-electron chi connectivity index (χ4n) is 3.80. The molecular weight excluding hydrogens is 1500 g/mol. The minimum atomic E-state index is 0.0826. The molecule has 4 aromatic carbocycles. The first kappa shape index (κ1) is 36.7. The zero-order valence-electron chi connectivity index (χ0n) is 18.3. The van der Waals surface area contributed by atoms with Gasteiger partial charge in [-0.2, -0.15) is 0 Å². The van der Waals surface area contributed by atoms with Crippen molar-refractivity contribution >= 4 is 239 Å². The minimum absolute atomic E-state index is 0.0826. The number of aromatic hydroxyl groups is 1. The highest BCUT2D eigenvalue weighted by atomic mass is 79.9. The van der Waals surface area contributed by atoms with Crippen LogP contribution in [0.5, 0.6) is 5.75 Å². The number of halogens is 15. The number of phenolic OH excluding ortho intramolecular Hbond substituents is 1. The fourth-order valence-corrected chi connectivity index (χ4v) is 14.2. The molecule has 0 aliphatic heterocycles. The molecule has 0 radical (unpaired) electrons. The molecule has 16 heteroatoms. The van der Waals surface area contributed by atoms with E-state index in [1.165, 1.54) is 0 Å². The maximum atomic E-state index is 11.3. The molecule has 0 bridgehead atoms. The molecule has 0 atom stereocenters. The first-order chi connectivity index (χ1) is 18.5. The van der Waals surface area contributed by atoms with E-state index >= 15 is 0 Å². The van der Waals surface area contributed by atoms with Crippen molar-refractivity contribution in [1.29, 1.82) is 0 Å². The summed E-state index contributed by atoms with van der Waals surface area (Å²) in [5.74, 6) is 0.0826. The predicted octanol–water partition coefficient (Wildman–Crippen LogP) is 17.8. The van der Waals surface area contributed by atoms with Crippen LogP contribution in [0, 0.1) is 0 Å². The molecule has 0 saturated heterocycles. The predicted molar refractivity (Wildman–Crippen MR) is 220 cm³/mol. The monoisotopic (exact) mass is 1490 g/mol. The summed E-state index contributed by atoms with van der Waals surface area (Å²) in [5.41, 5.74) is 4.79. The molecule has 1 nitrogen and oxygen atoms in total. The van der Waals surface area contributed by atoms with Crippen molar-refractivity contribution in [2.75, 3.05) is 0 Å². The summed E-state index contributed by atoms with van der Waals surface area (Å²) in [5, 5.41) is 11.3. The Hall–Kier alpha value is 3.88. The van der Waals surface area contributed by atoms with Crippen LogP contribution in [0.15, 0.2) is 79.2 Å². The van der Waals surface area contributed by atoms with Crippen LogP contribution in [0.3, 0.4) is 0 Å². The zero-order valence-corrected chi connectivity index (χ0v) is 42.1. The highest BCUT2D eigenvalue weighted by Gasteiger charge is 2.30. The van der Waals surface area contributed by atoms with Gasteiger partial charge in [-0.1, -0.05) is 0 Å². The molecule has 1 N–H and O–H groups in total. The molecule has 4 aromatic rings. The Bertz CT molecular complexity index is 1590. The first-order valence-electron chi connectivity index (χ1n) is 9.96. The van der Waals surface area contributed by atoms with Gasteiger partial charge in [0, 0.05) is 89.3 Å². The lowest BCUT2D eigenvalue weighted by Gasteiger charge is -2.25. The van der Waals surface area contributed by atoms with Crippen molar-refractivity contribution in [2.24, 2.45) is 0 Å². The van der Waals surface area contributed by atoms with Gasteiger partial charge in [0.15, 0.2) is 0 Å². The van der Waals surface area contributed by atoms with Crippen LogP contribution in [0.25, 0.3) is 33.4 Å². The third-order valence-electron chi connectivity index (χ3n) is 5.54. The van der Waals surface area contributed by atoms with Gasteiger partial charge in [-0.15, -0.1) is 0 Å². The van der Waals surface area contributed by atoms with Crippen LogP contribution < -0.4 is 0 Å². The van der Waals surface area contributed by atoms with Crippen LogP contribution in [0.4, 0.5) is 0 Å². The number of phenols is 1. The third-order valence-corrected chi connectivity index (χ3v) is 23.8. The number of hydrogen-bond donors (Lipinski definition) is 1. The van der Waals surface area contributed by atoms with Gasteiger partial charge in [0.1, 0.15) is 5.75 Å². The topological polar surface area (TPSA) is 20.2 Å². The van der Waals surface area contributed by atoms with E-state index in [0.29, 0.717) is 0 Å². The average molecular weight is 1510 g/mol. The van der Waals surface area contributed by atoms with Crippen molar-refractivity contribution in [3.05, 3.63) is 79.2 Å². The Morgan fingerprint density at radius 1 is 0.275 bits per heavy atom. The van der Waals surface area contributed by atoms with E-state index in [9.17, 15) is 5.11 Å². The van der Waals surface area contributed by atoms with Crippen LogP contribution >= 0.6 is 239 Å². The summed E-state index contributed by atoms with van der Waals surface area (Å²) >= 11 is 56.2. The Morgan fingerprint density at radius 3 is 0.725 bits per heavy atom. The van der Waals surface area contributed by atoms with E-state index in [2.05, 4.69) is 239 Å². The Labute approximate surface area is 355 Å². The van der Waals surface area contributed by atoms with E-state index < -0.39 is 0 Å². The van der Waals surface area contributed by atoms with Crippen LogP contribution in [0.2, 0.25) is 0 Å². The van der Waals surface area contributed by atoms with Gasteiger partial charge < -0.3 is 5.11 Å². The van der Waals surface area contributed by atoms with Crippen LogP contribution in [0.1, 0.15) is 0 Å². The molecule has 210 valence electrons. The summed E-state index contributed by atoms with van der Waals surface area (Å²) in [6.07, 6.45) is 0. The van der Waals surface area contributed by atoms with Gasteiger partial charge in [0.2, 0.25) is 0 Å². The van der Waals surface area contributed by atoms with Gasteiger partial charge in [0.25, 0.3) is 0 Å². The second-order valence-electron chi connectivity index (χ2n) is 7.75. The van der Waals surface area contributed by atoms with E-state index in [1.807, 2.05) is 0 Å². The van der Waals surface area contributed by atoms with E-state index in [4.69, 9.17) is 0 Å². The molecule has 0 aliphatic rings. The molecule has 0 heterocycles. The lowest BCUT2D eigenvalue weighted by molar-refractivity contribution is 0.476. The largest absolute Gasteiger partial charge is 0.508 e. The van der Waals surface area contributed by atoms with E-state index in [-0.39, 0.29) is 5.75 Å². The smallest absolute Gasteiger partial charge is 0.116 e. The molecule has 0 amide bonds. The lowest BCUT2D eigenvalue weighted by atomic mass is 9.87. The SMILES string of the molecule is Oc1cc(-c2c(Br)c(Br)c(Br)c(Br)c2Br)c(-c2c(Br)c(Br)c(Br)c(Br)c2Br)c(-c2c(Br)c(Br)c(Br)c(Br)c2Br)c1. The quantitative estimate of drug-likeness (QED) is 0.160. The number of benzene rings is 4. The maximum Gasteiger partial charge on any atom is 0.116 e. The number of rotatable bonds is 3. The Morgan fingerprint density at radius 2 is 0.475 bits per heavy atom. The standard InChI is InChI=1S/C24H3Br15O/c25-10-7(11(26)17(32)22(37)16(10)31)4-1-3(40)2-5(8-12(27)18(33)23(38)19(34)13(8)28)6(4)9-14(29)20(35)24(39)21(36)15(9)30/h1-2,40H. The fraction of sp³-hybridized carbons (Fsp3) is 0. The Kier molecular flexibility index (Phi) is 13.4. The maximum absolute atomic E-state index is 11.3. The molecule has 0 saturated carbocycles. The lowest BCUT2D eigenvalue weighted by Crippen LogP contribution is -1.99. The van der Waals surface area contributed by atoms with E-state index in [0.717, 1.165) is 100 Å². The van der Waals surface area contributed by atoms with Gasteiger partial charge >= 0.3 is 0 Å². The zero-order chi connectivity index (χ0) is 30.1. The molecule has 0 spiro atoms. The second kappa shape index (κ2) is 14.6. The van der Waals surface area contributed by atoms with Gasteiger partial charge in [-0.05, 0) is 262 Å². The molecule has 0 fully saturated rings. The average Bonchev–Trinajstić information content (AvgIpc) is 2.92. The van der Waals surface area contributed by atoms with Crippen molar-refractivity contribution < 1.29 is 5.11 Å². The molecular formula is C24H3Br15O. The molecule has 40 heavy (non-hydrogen) atoms. The number of hydrogen-bond acceptors (Lipinski definition) is 1. The normalized spacial score (nSPS) is 11.5. The molecule has 0 aromatic heterocycles. The van der Waals surface area contributed by atoms with Crippen molar-refractivity contribution in [1.82, 2.24) is 0 Å². The molecule has 4 rings (SSSR count). The van der Waals surface area contributed by atoms with Crippen molar-refractivity contribution in [3.8, 4) is 39.1 Å².